The first kappa shape index (κ1) is 16.2. The van der Waals surface area contributed by atoms with Gasteiger partial charge in [0.15, 0.2) is 9.84 Å². The monoisotopic (exact) mass is 329 g/mol. The standard InChI is InChI=1S/C9H25Cl2N3Si3/c1-7(2)12-15-13(8(3)4)17(11)14(9(5)6)16(12)10/h7-9,16-17H,15H2,1-6H3. The highest BCUT2D eigenvalue weighted by Crippen LogP contribution is 2.24. The van der Waals surface area contributed by atoms with Gasteiger partial charge in [-0.3, -0.25) is 0 Å². The molecule has 1 fully saturated rings. The zero-order valence-corrected chi connectivity index (χ0v) is 16.9. The third-order valence-corrected chi connectivity index (χ3v) is 20.0. The molecule has 0 aliphatic carbocycles. The molecule has 0 amide bonds. The Labute approximate surface area is 121 Å². The predicted octanol–water partition coefficient (Wildman–Crippen LogP) is 1.04. The highest BCUT2D eigenvalue weighted by atomic mass is 35.6. The molecule has 2 atom stereocenters. The summed E-state index contributed by atoms with van der Waals surface area (Å²) in [4.78, 5) is 0. The van der Waals surface area contributed by atoms with Crippen LogP contribution in [0.3, 0.4) is 0 Å². The summed E-state index contributed by atoms with van der Waals surface area (Å²) >= 11 is 13.5. The van der Waals surface area contributed by atoms with Crippen LogP contribution in [0.2, 0.25) is 0 Å². The topological polar surface area (TPSA) is 9.72 Å². The Balaban J connectivity index is 2.95. The number of rotatable bonds is 3. The van der Waals surface area contributed by atoms with Crippen LogP contribution in [-0.2, 0) is 0 Å². The second-order valence-electron chi connectivity index (χ2n) is 5.52. The van der Waals surface area contributed by atoms with E-state index < -0.39 is 26.7 Å². The lowest BCUT2D eigenvalue weighted by Crippen LogP contribution is -2.73. The molecule has 1 saturated heterocycles. The van der Waals surface area contributed by atoms with Gasteiger partial charge >= 0.3 is 0 Å². The van der Waals surface area contributed by atoms with Crippen LogP contribution in [0.4, 0.5) is 0 Å². The van der Waals surface area contributed by atoms with Gasteiger partial charge in [-0.1, -0.05) is 41.5 Å². The Morgan fingerprint density at radius 1 is 0.765 bits per heavy atom. The van der Waals surface area contributed by atoms with Gasteiger partial charge in [0.25, 0.3) is 16.9 Å². The number of halogens is 2. The van der Waals surface area contributed by atoms with E-state index in [2.05, 4.69) is 54.2 Å². The molecular weight excluding hydrogens is 305 g/mol. The van der Waals surface area contributed by atoms with Crippen molar-refractivity contribution < 1.29 is 0 Å². The fourth-order valence-corrected chi connectivity index (χ4v) is 18.9. The number of nitrogens with zero attached hydrogens (tertiary/aromatic N) is 3. The van der Waals surface area contributed by atoms with Gasteiger partial charge in [0.1, 0.15) is 0 Å². The van der Waals surface area contributed by atoms with E-state index in [0.29, 0.717) is 18.1 Å². The second kappa shape index (κ2) is 6.51. The maximum atomic E-state index is 6.75. The van der Waals surface area contributed by atoms with E-state index in [4.69, 9.17) is 22.2 Å². The highest BCUT2D eigenvalue weighted by Gasteiger charge is 2.44. The fraction of sp³-hybridized carbons (Fsp3) is 1.00. The molecule has 8 heteroatoms. The zero-order valence-electron chi connectivity index (χ0n) is 11.7. The molecule has 0 bridgehead atoms. The average Bonchev–Trinajstić information content (AvgIpc) is 2.15. The third-order valence-electron chi connectivity index (χ3n) is 3.29. The maximum Gasteiger partial charge on any atom is 0.281 e. The minimum absolute atomic E-state index is 0.433. The quantitative estimate of drug-likeness (QED) is 0.566. The molecular formula is C9H25Cl2N3Si3. The predicted molar refractivity (Wildman–Crippen MR) is 85.5 cm³/mol. The van der Waals surface area contributed by atoms with Crippen LogP contribution < -0.4 is 0 Å². The lowest BCUT2D eigenvalue weighted by Gasteiger charge is -2.52. The molecule has 0 spiro atoms. The van der Waals surface area contributed by atoms with Crippen molar-refractivity contribution >= 4 is 48.9 Å². The first-order valence-electron chi connectivity index (χ1n) is 6.34. The average molecular weight is 330 g/mol. The van der Waals surface area contributed by atoms with Crippen LogP contribution in [0.1, 0.15) is 41.5 Å². The Bertz CT molecular complexity index is 236. The van der Waals surface area contributed by atoms with E-state index in [1.165, 1.54) is 0 Å². The lowest BCUT2D eigenvalue weighted by atomic mass is 10.4. The molecule has 102 valence electrons. The van der Waals surface area contributed by atoms with Gasteiger partial charge in [0.2, 0.25) is 0 Å². The van der Waals surface area contributed by atoms with Gasteiger partial charge in [-0.15, -0.1) is 22.2 Å². The van der Waals surface area contributed by atoms with Crippen LogP contribution in [0.5, 0.6) is 0 Å². The Kier molecular flexibility index (Phi) is 6.19. The summed E-state index contributed by atoms with van der Waals surface area (Å²) in [5.74, 6) is 0. The summed E-state index contributed by atoms with van der Waals surface area (Å²) in [5.41, 5.74) is 0. The summed E-state index contributed by atoms with van der Waals surface area (Å²) in [6.45, 7) is 13.4. The van der Waals surface area contributed by atoms with Crippen molar-refractivity contribution in [2.45, 2.75) is 59.7 Å². The molecule has 1 aliphatic heterocycles. The van der Waals surface area contributed by atoms with Crippen LogP contribution in [-0.4, -0.2) is 57.5 Å². The van der Waals surface area contributed by atoms with Gasteiger partial charge in [0, 0.05) is 0 Å². The Morgan fingerprint density at radius 3 is 1.35 bits per heavy atom. The van der Waals surface area contributed by atoms with Crippen LogP contribution in [0, 0.1) is 0 Å². The van der Waals surface area contributed by atoms with Crippen molar-refractivity contribution in [3.8, 4) is 0 Å². The van der Waals surface area contributed by atoms with Crippen LogP contribution in [0.15, 0.2) is 0 Å². The molecule has 0 N–H and O–H groups in total. The summed E-state index contributed by atoms with van der Waals surface area (Å²) in [7, 11) is -3.41. The van der Waals surface area contributed by atoms with Crippen molar-refractivity contribution in [2.75, 3.05) is 0 Å². The van der Waals surface area contributed by atoms with E-state index in [0.717, 1.165) is 0 Å². The molecule has 0 saturated carbocycles. The SMILES string of the molecule is CC(C)N1[SiH2]N(C(C)C)[SiH](Cl)N(C(C)C)[SiH]1Cl. The smallest absolute Gasteiger partial charge is 0.281 e. The van der Waals surface area contributed by atoms with Crippen LogP contribution in [0.25, 0.3) is 0 Å². The molecule has 0 radical (unpaired) electrons. The summed E-state index contributed by atoms with van der Waals surface area (Å²) < 4.78 is 7.61. The van der Waals surface area contributed by atoms with E-state index in [1.54, 1.807) is 0 Å². The normalized spacial score (nSPS) is 31.2. The molecule has 1 rings (SSSR count). The van der Waals surface area contributed by atoms with E-state index >= 15 is 0 Å². The van der Waals surface area contributed by atoms with E-state index in [9.17, 15) is 0 Å². The van der Waals surface area contributed by atoms with Gasteiger partial charge in [-0.05, 0) is 18.1 Å². The third kappa shape index (κ3) is 3.56. The Hall–Kier alpha value is 1.11. The largest absolute Gasteiger partial charge is 0.315 e. The first-order chi connectivity index (χ1) is 7.77. The van der Waals surface area contributed by atoms with Gasteiger partial charge in [-0.25, -0.2) is 0 Å². The summed E-state index contributed by atoms with van der Waals surface area (Å²) in [6.07, 6.45) is 0. The molecule has 0 aromatic rings. The van der Waals surface area contributed by atoms with Crippen molar-refractivity contribution in [2.24, 2.45) is 0 Å². The summed E-state index contributed by atoms with van der Waals surface area (Å²) in [6, 6.07) is 1.57. The van der Waals surface area contributed by atoms with Crippen molar-refractivity contribution in [3.63, 3.8) is 0 Å². The van der Waals surface area contributed by atoms with E-state index in [-0.39, 0.29) is 0 Å². The Morgan fingerprint density at radius 2 is 1.12 bits per heavy atom. The second-order valence-corrected chi connectivity index (χ2v) is 15.4. The van der Waals surface area contributed by atoms with Crippen LogP contribution >= 0.6 is 22.2 Å². The number of hydrogen-bond acceptors (Lipinski definition) is 3. The molecule has 2 unspecified atom stereocenters. The first-order valence-corrected chi connectivity index (χ1v) is 13.2. The van der Waals surface area contributed by atoms with Crippen molar-refractivity contribution in [1.82, 2.24) is 12.7 Å². The minimum Gasteiger partial charge on any atom is -0.315 e. The van der Waals surface area contributed by atoms with Crippen molar-refractivity contribution in [3.05, 3.63) is 0 Å². The fourth-order valence-electron chi connectivity index (χ4n) is 2.08. The zero-order chi connectivity index (χ0) is 13.3. The van der Waals surface area contributed by atoms with Gasteiger partial charge in [-0.2, -0.15) is 0 Å². The van der Waals surface area contributed by atoms with Gasteiger partial charge < -0.3 is 12.7 Å². The maximum absolute atomic E-state index is 6.75. The molecule has 0 aromatic carbocycles. The highest BCUT2D eigenvalue weighted by molar-refractivity contribution is 7.18. The molecule has 3 nitrogen and oxygen atoms in total. The minimum atomic E-state index is -1.49. The molecule has 1 heterocycles. The van der Waals surface area contributed by atoms with Gasteiger partial charge in [0.05, 0.1) is 0 Å². The molecule has 17 heavy (non-hydrogen) atoms. The molecule has 0 aromatic heterocycles. The summed E-state index contributed by atoms with van der Waals surface area (Å²) in [5, 5.41) is 0. The molecule has 1 aliphatic rings. The van der Waals surface area contributed by atoms with Crippen molar-refractivity contribution in [1.29, 1.82) is 0 Å². The number of hydrogen-bond donors (Lipinski definition) is 0. The lowest BCUT2D eigenvalue weighted by molar-refractivity contribution is 0.375. The van der Waals surface area contributed by atoms with E-state index in [1.807, 2.05) is 0 Å².